The van der Waals surface area contributed by atoms with E-state index in [0.717, 1.165) is 16.9 Å². The lowest BCUT2D eigenvalue weighted by Crippen LogP contribution is -2.16. The Morgan fingerprint density at radius 1 is 1.15 bits per heavy atom. The molecule has 0 aliphatic carbocycles. The molecule has 6 heteroatoms. The Bertz CT molecular complexity index is 810. The number of benzene rings is 2. The van der Waals surface area contributed by atoms with Crippen LogP contribution in [-0.2, 0) is 9.53 Å². The van der Waals surface area contributed by atoms with E-state index in [1.807, 2.05) is 31.2 Å². The van der Waals surface area contributed by atoms with Crippen molar-refractivity contribution in [3.63, 3.8) is 0 Å². The van der Waals surface area contributed by atoms with E-state index >= 15 is 0 Å². The van der Waals surface area contributed by atoms with Gasteiger partial charge in [0.25, 0.3) is 0 Å². The van der Waals surface area contributed by atoms with Crippen molar-refractivity contribution in [2.24, 2.45) is 0 Å². The van der Waals surface area contributed by atoms with Gasteiger partial charge in [-0.15, -0.1) is 0 Å². The van der Waals surface area contributed by atoms with Gasteiger partial charge in [0.2, 0.25) is 5.75 Å². The molecule has 2 aromatic carbocycles. The molecule has 1 heterocycles. The highest BCUT2D eigenvalue weighted by molar-refractivity contribution is 5.87. The van der Waals surface area contributed by atoms with Crippen LogP contribution in [-0.4, -0.2) is 39.5 Å². The first-order valence-corrected chi connectivity index (χ1v) is 8.67. The zero-order chi connectivity index (χ0) is 19.1. The highest BCUT2D eigenvalue weighted by Gasteiger charge is 2.17. The molecule has 0 spiro atoms. The maximum atomic E-state index is 11.9. The molecule has 0 bridgehead atoms. The molecule has 27 heavy (non-hydrogen) atoms. The number of hydrogen-bond donors (Lipinski definition) is 0. The van der Waals surface area contributed by atoms with Crippen molar-refractivity contribution in [2.45, 2.75) is 6.92 Å². The number of esters is 1. The Hall–Kier alpha value is -3.15. The van der Waals surface area contributed by atoms with Crippen molar-refractivity contribution in [3.05, 3.63) is 53.6 Å². The summed E-state index contributed by atoms with van der Waals surface area (Å²) in [6.07, 6.45) is 3.00. The van der Waals surface area contributed by atoms with Gasteiger partial charge in [0, 0.05) is 6.08 Å². The van der Waals surface area contributed by atoms with Gasteiger partial charge in [0.15, 0.2) is 11.5 Å². The van der Waals surface area contributed by atoms with Gasteiger partial charge in [-0.3, -0.25) is 0 Å². The van der Waals surface area contributed by atoms with Gasteiger partial charge in [-0.2, -0.15) is 0 Å². The molecule has 1 aliphatic heterocycles. The van der Waals surface area contributed by atoms with Crippen molar-refractivity contribution >= 4 is 12.0 Å². The summed E-state index contributed by atoms with van der Waals surface area (Å²) in [5.74, 6) is 2.05. The zero-order valence-electron chi connectivity index (χ0n) is 15.4. The molecule has 6 nitrogen and oxygen atoms in total. The third-order valence-corrected chi connectivity index (χ3v) is 3.85. The predicted molar refractivity (Wildman–Crippen MR) is 101 cm³/mol. The molecule has 2 aromatic rings. The van der Waals surface area contributed by atoms with Crippen molar-refractivity contribution in [1.82, 2.24) is 0 Å². The molecular weight excluding hydrogens is 348 g/mol. The number of aryl methyl sites for hydroxylation is 1. The Labute approximate surface area is 158 Å². The van der Waals surface area contributed by atoms with Gasteiger partial charge in [-0.1, -0.05) is 12.1 Å². The fourth-order valence-electron chi connectivity index (χ4n) is 2.61. The number of fused-ring (bicyclic) bond motifs is 1. The number of hydrogen-bond acceptors (Lipinski definition) is 6. The largest absolute Gasteiger partial charge is 0.493 e. The average Bonchev–Trinajstić information content (AvgIpc) is 2.69. The normalized spacial score (nSPS) is 12.7. The Kier molecular flexibility index (Phi) is 6.20. The van der Waals surface area contributed by atoms with Gasteiger partial charge in [0.1, 0.15) is 32.2 Å². The fourth-order valence-corrected chi connectivity index (χ4v) is 2.61. The Morgan fingerprint density at radius 3 is 2.81 bits per heavy atom. The van der Waals surface area contributed by atoms with E-state index in [1.165, 1.54) is 6.08 Å². The maximum Gasteiger partial charge on any atom is 0.330 e. The van der Waals surface area contributed by atoms with E-state index in [9.17, 15) is 4.79 Å². The van der Waals surface area contributed by atoms with Gasteiger partial charge < -0.3 is 23.7 Å². The number of methoxy groups -OCH3 is 1. The summed E-state index contributed by atoms with van der Waals surface area (Å²) in [7, 11) is 1.56. The topological polar surface area (TPSA) is 63.2 Å². The Balaban J connectivity index is 1.51. The average molecular weight is 370 g/mol. The second-order valence-electron chi connectivity index (χ2n) is 5.91. The van der Waals surface area contributed by atoms with Crippen LogP contribution in [0, 0.1) is 6.92 Å². The minimum Gasteiger partial charge on any atom is -0.493 e. The van der Waals surface area contributed by atoms with Crippen molar-refractivity contribution < 1.29 is 28.5 Å². The van der Waals surface area contributed by atoms with Crippen LogP contribution in [0.1, 0.15) is 11.1 Å². The second kappa shape index (κ2) is 8.98. The van der Waals surface area contributed by atoms with E-state index in [4.69, 9.17) is 23.7 Å². The first-order valence-electron chi connectivity index (χ1n) is 8.67. The molecule has 0 unspecified atom stereocenters. The van der Waals surface area contributed by atoms with Crippen LogP contribution in [0.25, 0.3) is 6.08 Å². The number of carbonyl (C=O) groups is 1. The molecule has 142 valence electrons. The van der Waals surface area contributed by atoms with Gasteiger partial charge in [0.05, 0.1) is 7.11 Å². The monoisotopic (exact) mass is 370 g/mol. The summed E-state index contributed by atoms with van der Waals surface area (Å²) in [5.41, 5.74) is 1.87. The lowest BCUT2D eigenvalue weighted by molar-refractivity contribution is -0.138. The summed E-state index contributed by atoms with van der Waals surface area (Å²) in [6, 6.07) is 11.3. The van der Waals surface area contributed by atoms with Crippen LogP contribution in [0.15, 0.2) is 42.5 Å². The molecule has 0 radical (unpaired) electrons. The number of carbonyl (C=O) groups excluding carboxylic acids is 1. The second-order valence-corrected chi connectivity index (χ2v) is 5.91. The lowest BCUT2D eigenvalue weighted by Gasteiger charge is -2.20. The third-order valence-electron chi connectivity index (χ3n) is 3.85. The van der Waals surface area contributed by atoms with Crippen LogP contribution in [0.4, 0.5) is 0 Å². The summed E-state index contributed by atoms with van der Waals surface area (Å²) in [6.45, 7) is 3.41. The highest BCUT2D eigenvalue weighted by atomic mass is 16.6. The van der Waals surface area contributed by atoms with E-state index in [1.54, 1.807) is 25.3 Å². The molecule has 0 saturated carbocycles. The first-order chi connectivity index (χ1) is 13.2. The fraction of sp³-hybridized carbons (Fsp3) is 0.286. The molecule has 0 atom stereocenters. The van der Waals surface area contributed by atoms with Crippen LogP contribution < -0.4 is 18.9 Å². The lowest BCUT2D eigenvalue weighted by atomic mass is 10.1. The molecule has 0 amide bonds. The smallest absolute Gasteiger partial charge is 0.330 e. The minimum atomic E-state index is -0.448. The Morgan fingerprint density at radius 2 is 2.00 bits per heavy atom. The number of ether oxygens (including phenoxy) is 5. The maximum absolute atomic E-state index is 11.9. The standard InChI is InChI=1S/C21H22O6/c1-15-4-3-5-17(12-15)24-8-10-26-20(22)7-6-16-13-18(23-2)21-19(14-16)25-9-11-27-21/h3-7,12-14H,8-11H2,1-2H3/b7-6+. The highest BCUT2D eigenvalue weighted by Crippen LogP contribution is 2.40. The summed E-state index contributed by atoms with van der Waals surface area (Å²) in [4.78, 5) is 11.9. The first kappa shape index (κ1) is 18.6. The SMILES string of the molecule is COc1cc(/C=C/C(=O)OCCOc2cccc(C)c2)cc2c1OCCO2. The van der Waals surface area contributed by atoms with E-state index in [2.05, 4.69) is 0 Å². The van der Waals surface area contributed by atoms with Crippen LogP contribution in [0.2, 0.25) is 0 Å². The van der Waals surface area contributed by atoms with E-state index < -0.39 is 5.97 Å². The van der Waals surface area contributed by atoms with Crippen molar-refractivity contribution in [3.8, 4) is 23.0 Å². The zero-order valence-corrected chi connectivity index (χ0v) is 15.4. The molecule has 0 N–H and O–H groups in total. The minimum absolute atomic E-state index is 0.168. The molecule has 3 rings (SSSR count). The quantitative estimate of drug-likeness (QED) is 0.423. The number of rotatable bonds is 7. The summed E-state index contributed by atoms with van der Waals surface area (Å²) >= 11 is 0. The molecular formula is C21H22O6. The van der Waals surface area contributed by atoms with Crippen molar-refractivity contribution in [1.29, 1.82) is 0 Å². The predicted octanol–water partition coefficient (Wildman–Crippen LogP) is 3.41. The van der Waals surface area contributed by atoms with Crippen LogP contribution in [0.5, 0.6) is 23.0 Å². The van der Waals surface area contributed by atoms with Gasteiger partial charge >= 0.3 is 5.97 Å². The summed E-state index contributed by atoms with van der Waals surface area (Å²) < 4.78 is 27.1. The molecule has 1 aliphatic rings. The molecule has 0 aromatic heterocycles. The van der Waals surface area contributed by atoms with Crippen molar-refractivity contribution in [2.75, 3.05) is 33.5 Å². The molecule has 0 fully saturated rings. The molecule has 0 saturated heterocycles. The third kappa shape index (κ3) is 5.17. The van der Waals surface area contributed by atoms with Gasteiger partial charge in [-0.05, 0) is 48.4 Å². The summed E-state index contributed by atoms with van der Waals surface area (Å²) in [5, 5.41) is 0. The van der Waals surface area contributed by atoms with Crippen LogP contribution >= 0.6 is 0 Å². The van der Waals surface area contributed by atoms with E-state index in [0.29, 0.717) is 37.1 Å². The van der Waals surface area contributed by atoms with Gasteiger partial charge in [-0.25, -0.2) is 4.79 Å². The van der Waals surface area contributed by atoms with Crippen LogP contribution in [0.3, 0.4) is 0 Å². The van der Waals surface area contributed by atoms with E-state index in [-0.39, 0.29) is 6.61 Å².